The number of carbonyl (C=O) groups is 1. The number of nitrogens with two attached hydrogens (primary N) is 1. The van der Waals surface area contributed by atoms with Gasteiger partial charge in [0, 0.05) is 43.6 Å². The van der Waals surface area contributed by atoms with E-state index < -0.39 is 0 Å². The van der Waals surface area contributed by atoms with E-state index in [1.807, 2.05) is 13.8 Å². The molecule has 0 saturated carbocycles. The smallest absolute Gasteiger partial charge is 0.308 e. The lowest BCUT2D eigenvalue weighted by Crippen LogP contribution is -2.18. The predicted molar refractivity (Wildman–Crippen MR) is 92.2 cm³/mol. The Labute approximate surface area is 137 Å². The molecule has 1 aromatic rings. The van der Waals surface area contributed by atoms with Crippen LogP contribution in [-0.2, 0) is 4.79 Å². The van der Waals surface area contributed by atoms with Crippen LogP contribution in [0.15, 0.2) is 40.9 Å². The second-order valence-corrected chi connectivity index (χ2v) is 5.30. The minimum absolute atomic E-state index is 0.375. The normalized spacial score (nSPS) is 12.5. The van der Waals surface area contributed by atoms with Crippen LogP contribution in [-0.4, -0.2) is 23.7 Å². The monoisotopic (exact) mass is 316 g/mol. The number of esters is 1. The molecule has 124 valence electrons. The zero-order valence-corrected chi connectivity index (χ0v) is 14.4. The number of nitrogens with one attached hydrogen (secondary N) is 1. The number of ether oxygens (including phenoxy) is 1. The number of carbonyl (C=O) groups excluding carboxylic acids is 1. The molecule has 0 bridgehead atoms. The highest BCUT2D eigenvalue weighted by atomic mass is 16.5. The van der Waals surface area contributed by atoms with Gasteiger partial charge in [-0.3, -0.25) is 14.8 Å². The largest absolute Gasteiger partial charge is 0.425 e. The zero-order chi connectivity index (χ0) is 17.6. The summed E-state index contributed by atoms with van der Waals surface area (Å²) < 4.78 is 5.18. The highest BCUT2D eigenvalue weighted by Crippen LogP contribution is 2.20. The molecule has 1 rings (SSSR count). The average Bonchev–Trinajstić information content (AvgIpc) is 2.45. The van der Waals surface area contributed by atoms with E-state index in [-0.39, 0.29) is 5.97 Å². The molecule has 0 fully saturated rings. The van der Waals surface area contributed by atoms with Gasteiger partial charge in [0.1, 0.15) is 0 Å². The molecular formula is C17H24N4O2. The van der Waals surface area contributed by atoms with Crippen molar-refractivity contribution in [3.05, 3.63) is 47.2 Å². The maximum Gasteiger partial charge on any atom is 0.308 e. The quantitative estimate of drug-likeness (QED) is 0.621. The first-order valence-corrected chi connectivity index (χ1v) is 7.23. The maximum absolute atomic E-state index is 11.2. The van der Waals surface area contributed by atoms with Crippen LogP contribution in [0.2, 0.25) is 0 Å². The van der Waals surface area contributed by atoms with Gasteiger partial charge in [0.05, 0.1) is 11.5 Å². The molecule has 0 aliphatic carbocycles. The number of aromatic nitrogens is 1. The minimum Gasteiger partial charge on any atom is -0.425 e. The third-order valence-corrected chi connectivity index (χ3v) is 3.32. The highest BCUT2D eigenvalue weighted by Gasteiger charge is 2.11. The van der Waals surface area contributed by atoms with Crippen molar-refractivity contribution in [1.29, 1.82) is 0 Å². The topological polar surface area (TPSA) is 89.6 Å². The van der Waals surface area contributed by atoms with Crippen molar-refractivity contribution in [2.45, 2.75) is 34.1 Å². The number of pyridine rings is 1. The summed E-state index contributed by atoms with van der Waals surface area (Å²) in [6.07, 6.45) is 2.34. The fraction of sp³-hybridized carbons (Fsp3) is 0.353. The summed E-state index contributed by atoms with van der Waals surface area (Å²) in [5, 5.41) is 2.99. The summed E-state index contributed by atoms with van der Waals surface area (Å²) in [6, 6.07) is 1.78. The third kappa shape index (κ3) is 5.58. The molecular weight excluding hydrogens is 292 g/mol. The summed E-state index contributed by atoms with van der Waals surface area (Å²) in [7, 11) is 1.72. The second kappa shape index (κ2) is 8.12. The van der Waals surface area contributed by atoms with Gasteiger partial charge < -0.3 is 15.8 Å². The van der Waals surface area contributed by atoms with Gasteiger partial charge >= 0.3 is 5.97 Å². The zero-order valence-electron chi connectivity index (χ0n) is 14.4. The summed E-state index contributed by atoms with van der Waals surface area (Å²) in [5.41, 5.74) is 9.87. The number of nitrogens with zero attached hydrogens (tertiary/aromatic N) is 2. The molecule has 6 nitrogen and oxygen atoms in total. The molecule has 0 atom stereocenters. The van der Waals surface area contributed by atoms with E-state index in [4.69, 9.17) is 10.5 Å². The molecule has 0 aromatic carbocycles. The van der Waals surface area contributed by atoms with Crippen molar-refractivity contribution >= 4 is 11.7 Å². The van der Waals surface area contributed by atoms with E-state index in [0.29, 0.717) is 23.7 Å². The van der Waals surface area contributed by atoms with E-state index in [9.17, 15) is 4.79 Å². The van der Waals surface area contributed by atoms with Crippen molar-refractivity contribution in [3.8, 4) is 5.75 Å². The van der Waals surface area contributed by atoms with E-state index in [1.54, 1.807) is 26.2 Å². The van der Waals surface area contributed by atoms with Crippen LogP contribution >= 0.6 is 0 Å². The lowest BCUT2D eigenvalue weighted by molar-refractivity contribution is -0.131. The fourth-order valence-electron chi connectivity index (χ4n) is 1.97. The van der Waals surface area contributed by atoms with Crippen molar-refractivity contribution in [2.24, 2.45) is 10.7 Å². The highest BCUT2D eigenvalue weighted by molar-refractivity contribution is 6.02. The van der Waals surface area contributed by atoms with E-state index in [2.05, 4.69) is 21.9 Å². The van der Waals surface area contributed by atoms with Crippen molar-refractivity contribution in [2.75, 3.05) is 7.05 Å². The first kappa shape index (κ1) is 18.4. The SMILES string of the molecule is C=C(N)N/C(C)=C(\C)C/C(=N\C)c1cnc(C)c(OC(C)=O)c1. The molecule has 0 amide bonds. The number of allylic oxidation sites excluding steroid dienone is 2. The minimum atomic E-state index is -0.375. The Morgan fingerprint density at radius 1 is 1.43 bits per heavy atom. The van der Waals surface area contributed by atoms with E-state index in [0.717, 1.165) is 22.5 Å². The Morgan fingerprint density at radius 3 is 2.61 bits per heavy atom. The van der Waals surface area contributed by atoms with Gasteiger partial charge in [-0.15, -0.1) is 0 Å². The van der Waals surface area contributed by atoms with Gasteiger partial charge in [-0.25, -0.2) is 0 Å². The Morgan fingerprint density at radius 2 is 2.09 bits per heavy atom. The van der Waals surface area contributed by atoms with Gasteiger partial charge in [0.15, 0.2) is 5.75 Å². The van der Waals surface area contributed by atoms with Gasteiger partial charge in [0.2, 0.25) is 0 Å². The molecule has 1 aromatic heterocycles. The molecule has 1 heterocycles. The van der Waals surface area contributed by atoms with Crippen LogP contribution in [0.1, 0.15) is 38.4 Å². The molecule has 0 aliphatic rings. The standard InChI is InChI=1S/C17H24N4O2/c1-10(11(2)21-13(4)18)7-16(19-6)15-8-17(23-14(5)22)12(3)20-9-15/h8-9,21H,4,7,18H2,1-3,5-6H3/b11-10+,19-16+. The molecule has 0 saturated heterocycles. The van der Waals surface area contributed by atoms with E-state index >= 15 is 0 Å². The summed E-state index contributed by atoms with van der Waals surface area (Å²) in [4.78, 5) is 19.8. The van der Waals surface area contributed by atoms with Crippen LogP contribution in [0.3, 0.4) is 0 Å². The number of rotatable bonds is 6. The summed E-state index contributed by atoms with van der Waals surface area (Å²) >= 11 is 0. The lowest BCUT2D eigenvalue weighted by atomic mass is 10.0. The number of hydrogen-bond acceptors (Lipinski definition) is 6. The first-order chi connectivity index (χ1) is 10.7. The van der Waals surface area contributed by atoms with Gasteiger partial charge in [-0.1, -0.05) is 6.58 Å². The number of aliphatic imine (C=N–C) groups is 1. The van der Waals surface area contributed by atoms with Crippen LogP contribution in [0.4, 0.5) is 0 Å². The molecule has 3 N–H and O–H groups in total. The van der Waals surface area contributed by atoms with Crippen LogP contribution < -0.4 is 15.8 Å². The molecule has 0 radical (unpaired) electrons. The number of hydrogen-bond donors (Lipinski definition) is 2. The molecule has 0 aliphatic heterocycles. The van der Waals surface area contributed by atoms with Crippen LogP contribution in [0, 0.1) is 6.92 Å². The Balaban J connectivity index is 3.08. The van der Waals surface area contributed by atoms with Gasteiger partial charge in [0.25, 0.3) is 0 Å². The fourth-order valence-corrected chi connectivity index (χ4v) is 1.97. The van der Waals surface area contributed by atoms with Crippen molar-refractivity contribution in [1.82, 2.24) is 10.3 Å². The maximum atomic E-state index is 11.2. The second-order valence-electron chi connectivity index (χ2n) is 5.30. The lowest BCUT2D eigenvalue weighted by Gasteiger charge is -2.13. The Hall–Kier alpha value is -2.63. The number of aryl methyl sites for hydroxylation is 1. The van der Waals surface area contributed by atoms with Crippen molar-refractivity contribution in [3.63, 3.8) is 0 Å². The Bertz CT molecular complexity index is 675. The summed E-state index contributed by atoms with van der Waals surface area (Å²) in [5.74, 6) is 0.466. The first-order valence-electron chi connectivity index (χ1n) is 7.23. The predicted octanol–water partition coefficient (Wildman–Crippen LogP) is 2.44. The Kier molecular flexibility index (Phi) is 6.50. The summed E-state index contributed by atoms with van der Waals surface area (Å²) in [6.45, 7) is 10.7. The van der Waals surface area contributed by atoms with Crippen LogP contribution in [0.5, 0.6) is 5.75 Å². The van der Waals surface area contributed by atoms with Gasteiger partial charge in [-0.2, -0.15) is 0 Å². The molecule has 0 spiro atoms. The average molecular weight is 316 g/mol. The molecule has 6 heteroatoms. The van der Waals surface area contributed by atoms with Gasteiger partial charge in [-0.05, 0) is 32.4 Å². The molecule has 0 unspecified atom stereocenters. The molecule has 23 heavy (non-hydrogen) atoms. The van der Waals surface area contributed by atoms with Crippen molar-refractivity contribution < 1.29 is 9.53 Å². The third-order valence-electron chi connectivity index (χ3n) is 3.32. The van der Waals surface area contributed by atoms with E-state index in [1.165, 1.54) is 6.92 Å². The van der Waals surface area contributed by atoms with Crippen LogP contribution in [0.25, 0.3) is 0 Å².